The van der Waals surface area contributed by atoms with Gasteiger partial charge in [0.25, 0.3) is 0 Å². The van der Waals surface area contributed by atoms with E-state index in [1.807, 2.05) is 0 Å². The fourth-order valence-electron chi connectivity index (χ4n) is 1.93. The van der Waals surface area contributed by atoms with Crippen molar-refractivity contribution in [3.05, 3.63) is 23.1 Å². The molecule has 21 heavy (non-hydrogen) atoms. The number of hydrogen-bond acceptors (Lipinski definition) is 6. The number of Topliss-reactive ketones (excluding diaryl/α,β-unsaturated/α-hetero) is 1. The van der Waals surface area contributed by atoms with Crippen LogP contribution in [-0.2, 0) is 9.53 Å². The molecule has 1 heterocycles. The molecule has 0 spiro atoms. The highest BCUT2D eigenvalue weighted by Crippen LogP contribution is 2.36. The molecule has 2 rings (SSSR count). The smallest absolute Gasteiger partial charge is 0.306 e. The predicted molar refractivity (Wildman–Crippen MR) is 80.2 cm³/mol. The second-order valence-electron chi connectivity index (χ2n) is 4.40. The number of esters is 1. The Balaban J connectivity index is 2.15. The summed E-state index contributed by atoms with van der Waals surface area (Å²) in [7, 11) is 1.47. The molecule has 1 aromatic carbocycles. The molecule has 1 N–H and O–H groups in total. The topological polar surface area (TPSA) is 72.8 Å². The van der Waals surface area contributed by atoms with Gasteiger partial charge in [-0.1, -0.05) is 0 Å². The molecule has 0 atom stereocenters. The summed E-state index contributed by atoms with van der Waals surface area (Å²) in [6.07, 6.45) is 0.199. The molecule has 0 unspecified atom stereocenters. The molecule has 0 aliphatic heterocycles. The van der Waals surface area contributed by atoms with Gasteiger partial charge in [0.1, 0.15) is 0 Å². The largest absolute Gasteiger partial charge is 0.504 e. The quantitative estimate of drug-likeness (QED) is 0.655. The normalized spacial score (nSPS) is 10.6. The summed E-state index contributed by atoms with van der Waals surface area (Å²) >= 11 is 1.32. The average molecular weight is 308 g/mol. The van der Waals surface area contributed by atoms with Gasteiger partial charge in [-0.3, -0.25) is 9.59 Å². The van der Waals surface area contributed by atoms with Crippen LogP contribution in [0.2, 0.25) is 0 Å². The van der Waals surface area contributed by atoms with Crippen molar-refractivity contribution in [2.24, 2.45) is 0 Å². The maximum Gasteiger partial charge on any atom is 0.306 e. The number of aromatic hydroxyl groups is 1. The highest BCUT2D eigenvalue weighted by atomic mass is 32.1. The van der Waals surface area contributed by atoms with Crippen molar-refractivity contribution < 1.29 is 24.2 Å². The molecule has 0 aliphatic rings. The first-order chi connectivity index (χ1) is 10.0. The molecule has 0 bridgehead atoms. The minimum atomic E-state index is -0.369. The first kappa shape index (κ1) is 15.3. The van der Waals surface area contributed by atoms with Gasteiger partial charge in [0.2, 0.25) is 0 Å². The lowest BCUT2D eigenvalue weighted by molar-refractivity contribution is -0.143. The minimum absolute atomic E-state index is 0.0355. The van der Waals surface area contributed by atoms with Crippen LogP contribution in [0.4, 0.5) is 0 Å². The molecule has 6 heteroatoms. The second kappa shape index (κ2) is 6.58. The Morgan fingerprint density at radius 3 is 2.67 bits per heavy atom. The fraction of sp³-hybridized carbons (Fsp3) is 0.333. The number of fused-ring (bicyclic) bond motifs is 1. The van der Waals surface area contributed by atoms with Crippen molar-refractivity contribution in [3.8, 4) is 11.5 Å². The number of ether oxygens (including phenoxy) is 2. The van der Waals surface area contributed by atoms with Crippen LogP contribution in [0.25, 0.3) is 10.1 Å². The summed E-state index contributed by atoms with van der Waals surface area (Å²) in [6.45, 7) is 2.04. The van der Waals surface area contributed by atoms with Gasteiger partial charge in [0.05, 0.1) is 25.0 Å². The highest BCUT2D eigenvalue weighted by Gasteiger charge is 2.14. The number of carbonyl (C=O) groups is 2. The third-order valence-electron chi connectivity index (χ3n) is 2.95. The summed E-state index contributed by atoms with van der Waals surface area (Å²) in [5, 5.41) is 10.5. The van der Waals surface area contributed by atoms with E-state index in [4.69, 9.17) is 9.47 Å². The number of methoxy groups -OCH3 is 1. The summed E-state index contributed by atoms with van der Waals surface area (Å²) in [6, 6.07) is 4.97. The molecule has 0 saturated carbocycles. The lowest BCUT2D eigenvalue weighted by atomic mass is 10.1. The molecule has 0 fully saturated rings. The molecule has 0 radical (unpaired) electrons. The van der Waals surface area contributed by atoms with E-state index in [1.54, 1.807) is 25.1 Å². The summed E-state index contributed by atoms with van der Waals surface area (Å²) in [5.74, 6) is -0.0721. The van der Waals surface area contributed by atoms with Crippen LogP contribution in [-0.4, -0.2) is 30.6 Å². The Morgan fingerprint density at radius 1 is 1.24 bits per heavy atom. The van der Waals surface area contributed by atoms with Gasteiger partial charge in [-0.05, 0) is 24.4 Å². The third kappa shape index (κ3) is 3.52. The number of phenolic OH excluding ortho intramolecular Hbond substituents is 1. The van der Waals surface area contributed by atoms with Crippen LogP contribution >= 0.6 is 11.3 Å². The standard InChI is InChI=1S/C15H16O5S/c1-3-20-15(18)5-4-10(16)14-7-9-6-11(17)12(19-2)8-13(9)21-14/h6-8,17H,3-5H2,1-2H3. The molecule has 0 saturated heterocycles. The Kier molecular flexibility index (Phi) is 4.80. The Bertz CT molecular complexity index is 674. The first-order valence-electron chi connectivity index (χ1n) is 6.54. The zero-order chi connectivity index (χ0) is 15.4. The zero-order valence-electron chi connectivity index (χ0n) is 11.8. The van der Waals surface area contributed by atoms with Crippen LogP contribution in [0.3, 0.4) is 0 Å². The van der Waals surface area contributed by atoms with Crippen LogP contribution in [0.1, 0.15) is 29.4 Å². The number of phenols is 1. The summed E-state index contributed by atoms with van der Waals surface area (Å²) in [5.41, 5.74) is 0. The Labute approximate surface area is 126 Å². The maximum atomic E-state index is 12.1. The molecule has 0 aliphatic carbocycles. The molecular formula is C15H16O5S. The Morgan fingerprint density at radius 2 is 2.00 bits per heavy atom. The third-order valence-corrected chi connectivity index (χ3v) is 4.09. The van der Waals surface area contributed by atoms with Crippen LogP contribution in [0.15, 0.2) is 18.2 Å². The molecule has 5 nitrogen and oxygen atoms in total. The first-order valence-corrected chi connectivity index (χ1v) is 7.36. The average Bonchev–Trinajstić information content (AvgIpc) is 2.86. The van der Waals surface area contributed by atoms with Gasteiger partial charge < -0.3 is 14.6 Å². The van der Waals surface area contributed by atoms with E-state index in [1.165, 1.54) is 18.4 Å². The maximum absolute atomic E-state index is 12.1. The number of thiophene rings is 1. The Hall–Kier alpha value is -2.08. The SMILES string of the molecule is CCOC(=O)CCC(=O)c1cc2cc(O)c(OC)cc2s1. The number of benzene rings is 1. The van der Waals surface area contributed by atoms with Gasteiger partial charge in [0, 0.05) is 17.2 Å². The zero-order valence-corrected chi connectivity index (χ0v) is 12.7. The molecule has 1 aromatic heterocycles. The van der Waals surface area contributed by atoms with Gasteiger partial charge in [-0.25, -0.2) is 0 Å². The van der Waals surface area contributed by atoms with Crippen LogP contribution < -0.4 is 4.74 Å². The van der Waals surface area contributed by atoms with Gasteiger partial charge >= 0.3 is 5.97 Å². The van der Waals surface area contributed by atoms with Crippen molar-refractivity contribution in [2.45, 2.75) is 19.8 Å². The van der Waals surface area contributed by atoms with Crippen molar-refractivity contribution in [2.75, 3.05) is 13.7 Å². The van der Waals surface area contributed by atoms with Crippen molar-refractivity contribution >= 4 is 33.2 Å². The van der Waals surface area contributed by atoms with E-state index >= 15 is 0 Å². The fourth-order valence-corrected chi connectivity index (χ4v) is 2.97. The van der Waals surface area contributed by atoms with Crippen molar-refractivity contribution in [1.29, 1.82) is 0 Å². The molecule has 112 valence electrons. The lowest BCUT2D eigenvalue weighted by Crippen LogP contribution is -2.07. The van der Waals surface area contributed by atoms with E-state index in [0.29, 0.717) is 17.2 Å². The monoisotopic (exact) mass is 308 g/mol. The van der Waals surface area contributed by atoms with E-state index in [9.17, 15) is 14.7 Å². The molecular weight excluding hydrogens is 292 g/mol. The summed E-state index contributed by atoms with van der Waals surface area (Å²) < 4.78 is 10.7. The van der Waals surface area contributed by atoms with E-state index < -0.39 is 0 Å². The van der Waals surface area contributed by atoms with Crippen LogP contribution in [0, 0.1) is 0 Å². The van der Waals surface area contributed by atoms with E-state index in [0.717, 1.165) is 10.1 Å². The molecule has 0 amide bonds. The van der Waals surface area contributed by atoms with Crippen molar-refractivity contribution in [3.63, 3.8) is 0 Å². The number of rotatable bonds is 6. The summed E-state index contributed by atoms with van der Waals surface area (Å²) in [4.78, 5) is 23.9. The molecule has 2 aromatic rings. The van der Waals surface area contributed by atoms with Gasteiger partial charge in [-0.2, -0.15) is 0 Å². The van der Waals surface area contributed by atoms with Crippen LogP contribution in [0.5, 0.6) is 11.5 Å². The highest BCUT2D eigenvalue weighted by molar-refractivity contribution is 7.20. The second-order valence-corrected chi connectivity index (χ2v) is 5.48. The number of hydrogen-bond donors (Lipinski definition) is 1. The number of carbonyl (C=O) groups excluding carboxylic acids is 2. The lowest BCUT2D eigenvalue weighted by Gasteiger charge is -2.01. The number of ketones is 1. The van der Waals surface area contributed by atoms with Gasteiger partial charge in [0.15, 0.2) is 17.3 Å². The predicted octanol–water partition coefficient (Wildman–Crippen LogP) is 3.14. The minimum Gasteiger partial charge on any atom is -0.504 e. The van der Waals surface area contributed by atoms with Crippen molar-refractivity contribution in [1.82, 2.24) is 0 Å². The van der Waals surface area contributed by atoms with E-state index in [-0.39, 0.29) is 30.3 Å². The van der Waals surface area contributed by atoms with E-state index in [2.05, 4.69) is 0 Å². The van der Waals surface area contributed by atoms with Gasteiger partial charge in [-0.15, -0.1) is 11.3 Å².